The Morgan fingerprint density at radius 3 is 2.85 bits per heavy atom. The van der Waals surface area contributed by atoms with Gasteiger partial charge in [-0.1, -0.05) is 36.4 Å². The maximum Gasteiger partial charge on any atom is 0.213 e. The molecule has 0 saturated heterocycles. The molecule has 0 unspecified atom stereocenters. The van der Waals surface area contributed by atoms with E-state index in [9.17, 15) is 0 Å². The lowest BCUT2D eigenvalue weighted by atomic mass is 9.91. The molecule has 0 radical (unpaired) electrons. The summed E-state index contributed by atoms with van der Waals surface area (Å²) in [6.45, 7) is 0.572. The fourth-order valence-electron chi connectivity index (χ4n) is 2.75. The fourth-order valence-corrected chi connectivity index (χ4v) is 2.75. The second-order valence-corrected chi connectivity index (χ2v) is 5.19. The summed E-state index contributed by atoms with van der Waals surface area (Å²) in [6, 6.07) is 14.8. The minimum Gasteiger partial charge on any atom is -0.473 e. The third-order valence-electron chi connectivity index (χ3n) is 3.84. The summed E-state index contributed by atoms with van der Waals surface area (Å²) in [7, 11) is 2.01. The molecule has 0 saturated carbocycles. The molecule has 0 amide bonds. The predicted molar refractivity (Wildman–Crippen MR) is 79.7 cm³/mol. The summed E-state index contributed by atoms with van der Waals surface area (Å²) < 4.78 is 5.80. The first-order valence-corrected chi connectivity index (χ1v) is 7.20. The van der Waals surface area contributed by atoms with Gasteiger partial charge in [0.2, 0.25) is 5.88 Å². The Morgan fingerprint density at radius 2 is 2.05 bits per heavy atom. The summed E-state index contributed by atoms with van der Waals surface area (Å²) in [5.74, 6) is 0.726. The zero-order valence-electron chi connectivity index (χ0n) is 11.8. The molecule has 0 aliphatic heterocycles. The monoisotopic (exact) mass is 268 g/mol. The molecule has 0 spiro atoms. The number of hydrogen-bond acceptors (Lipinski definition) is 3. The summed E-state index contributed by atoms with van der Waals surface area (Å²) in [5.41, 5.74) is 3.67. The average molecular weight is 268 g/mol. The van der Waals surface area contributed by atoms with Crippen LogP contribution in [0.25, 0.3) is 0 Å². The molecule has 1 aliphatic carbocycles. The molecule has 0 bridgehead atoms. The number of hydrogen-bond donors (Lipinski definition) is 1. The number of fused-ring (bicyclic) bond motifs is 1. The number of nitrogens with one attached hydrogen (secondary N) is 1. The number of aryl methyl sites for hydroxylation is 1. The SMILES string of the molecule is CN[C@@H]1CCCc2nc(OCc3ccccc3)ccc21. The van der Waals surface area contributed by atoms with E-state index < -0.39 is 0 Å². The van der Waals surface area contributed by atoms with Gasteiger partial charge in [0.25, 0.3) is 0 Å². The van der Waals surface area contributed by atoms with Crippen molar-refractivity contribution in [1.82, 2.24) is 10.3 Å². The first-order valence-electron chi connectivity index (χ1n) is 7.20. The van der Waals surface area contributed by atoms with Gasteiger partial charge < -0.3 is 10.1 Å². The van der Waals surface area contributed by atoms with Crippen molar-refractivity contribution in [2.45, 2.75) is 31.9 Å². The quantitative estimate of drug-likeness (QED) is 0.924. The summed E-state index contributed by atoms with van der Waals surface area (Å²) in [5, 5.41) is 3.36. The van der Waals surface area contributed by atoms with E-state index in [4.69, 9.17) is 4.74 Å². The molecule has 3 rings (SSSR count). The zero-order chi connectivity index (χ0) is 13.8. The third kappa shape index (κ3) is 2.83. The zero-order valence-corrected chi connectivity index (χ0v) is 11.8. The maximum atomic E-state index is 5.80. The van der Waals surface area contributed by atoms with Crippen molar-refractivity contribution in [3.05, 3.63) is 59.3 Å². The molecule has 1 heterocycles. The molecule has 0 fully saturated rings. The van der Waals surface area contributed by atoms with E-state index in [1.165, 1.54) is 29.7 Å². The van der Waals surface area contributed by atoms with Crippen LogP contribution < -0.4 is 10.1 Å². The molecule has 1 aromatic carbocycles. The molecule has 2 aromatic rings. The first kappa shape index (κ1) is 13.1. The normalized spacial score (nSPS) is 17.6. The van der Waals surface area contributed by atoms with Crippen LogP contribution in [0.3, 0.4) is 0 Å². The number of nitrogens with zero attached hydrogens (tertiary/aromatic N) is 1. The van der Waals surface area contributed by atoms with Crippen molar-refractivity contribution in [2.75, 3.05) is 7.05 Å². The summed E-state index contributed by atoms with van der Waals surface area (Å²) in [6.07, 6.45) is 3.43. The van der Waals surface area contributed by atoms with Gasteiger partial charge in [0, 0.05) is 17.8 Å². The molecule has 1 atom stereocenters. The average Bonchev–Trinajstić information content (AvgIpc) is 2.53. The van der Waals surface area contributed by atoms with Crippen LogP contribution in [-0.2, 0) is 13.0 Å². The maximum absolute atomic E-state index is 5.80. The van der Waals surface area contributed by atoms with Crippen LogP contribution in [0.1, 0.15) is 35.7 Å². The van der Waals surface area contributed by atoms with E-state index >= 15 is 0 Å². The standard InChI is InChI=1S/C17H20N2O/c1-18-15-8-5-9-16-14(15)10-11-17(19-16)20-12-13-6-3-2-4-7-13/h2-4,6-7,10-11,15,18H,5,8-9,12H2,1H3/t15-/m1/s1. The van der Waals surface area contributed by atoms with Gasteiger partial charge in [0.1, 0.15) is 6.61 Å². The van der Waals surface area contributed by atoms with Crippen molar-refractivity contribution < 1.29 is 4.74 Å². The minimum atomic E-state index is 0.439. The van der Waals surface area contributed by atoms with E-state index in [-0.39, 0.29) is 0 Å². The van der Waals surface area contributed by atoms with E-state index in [0.29, 0.717) is 12.6 Å². The third-order valence-corrected chi connectivity index (χ3v) is 3.84. The molecule has 20 heavy (non-hydrogen) atoms. The lowest BCUT2D eigenvalue weighted by Crippen LogP contribution is -2.22. The Hall–Kier alpha value is -1.87. The van der Waals surface area contributed by atoms with Gasteiger partial charge in [-0.3, -0.25) is 0 Å². The van der Waals surface area contributed by atoms with Crippen LogP contribution in [0.4, 0.5) is 0 Å². The Bertz CT molecular complexity index is 568. The molecule has 104 valence electrons. The van der Waals surface area contributed by atoms with Crippen molar-refractivity contribution >= 4 is 0 Å². The largest absolute Gasteiger partial charge is 0.473 e. The van der Waals surface area contributed by atoms with Gasteiger partial charge in [0.15, 0.2) is 0 Å². The van der Waals surface area contributed by atoms with Gasteiger partial charge in [-0.15, -0.1) is 0 Å². The highest BCUT2D eigenvalue weighted by Crippen LogP contribution is 2.29. The second-order valence-electron chi connectivity index (χ2n) is 5.19. The number of ether oxygens (including phenoxy) is 1. The summed E-state index contributed by atoms with van der Waals surface area (Å²) >= 11 is 0. The van der Waals surface area contributed by atoms with E-state index in [2.05, 4.69) is 28.5 Å². The van der Waals surface area contributed by atoms with Gasteiger partial charge in [-0.05, 0) is 37.4 Å². The second kappa shape index (κ2) is 6.06. The first-order chi connectivity index (χ1) is 9.86. The highest BCUT2D eigenvalue weighted by Gasteiger charge is 2.20. The van der Waals surface area contributed by atoms with Crippen molar-refractivity contribution in [3.63, 3.8) is 0 Å². The van der Waals surface area contributed by atoms with Crippen LogP contribution in [0, 0.1) is 0 Å². The van der Waals surface area contributed by atoms with Crippen LogP contribution in [0.15, 0.2) is 42.5 Å². The van der Waals surface area contributed by atoms with Crippen LogP contribution in [-0.4, -0.2) is 12.0 Å². The Morgan fingerprint density at radius 1 is 1.20 bits per heavy atom. The fraction of sp³-hybridized carbons (Fsp3) is 0.353. The Kier molecular flexibility index (Phi) is 3.97. The van der Waals surface area contributed by atoms with Gasteiger partial charge in [-0.25, -0.2) is 4.98 Å². The molecule has 1 aromatic heterocycles. The van der Waals surface area contributed by atoms with Crippen LogP contribution in [0.5, 0.6) is 5.88 Å². The van der Waals surface area contributed by atoms with Gasteiger partial charge in [0.05, 0.1) is 0 Å². The van der Waals surface area contributed by atoms with E-state index in [1.54, 1.807) is 0 Å². The topological polar surface area (TPSA) is 34.2 Å². The van der Waals surface area contributed by atoms with E-state index in [1.807, 2.05) is 31.3 Å². The number of aromatic nitrogens is 1. The number of rotatable bonds is 4. The molecule has 3 nitrogen and oxygen atoms in total. The highest BCUT2D eigenvalue weighted by molar-refractivity contribution is 5.30. The predicted octanol–water partition coefficient (Wildman–Crippen LogP) is 3.26. The van der Waals surface area contributed by atoms with E-state index in [0.717, 1.165) is 12.3 Å². The van der Waals surface area contributed by atoms with Gasteiger partial charge >= 0.3 is 0 Å². The molecule has 3 heteroatoms. The van der Waals surface area contributed by atoms with Crippen molar-refractivity contribution in [2.24, 2.45) is 0 Å². The lowest BCUT2D eigenvalue weighted by Gasteiger charge is -2.24. The lowest BCUT2D eigenvalue weighted by molar-refractivity contribution is 0.292. The molecular formula is C17H20N2O. The van der Waals surface area contributed by atoms with Crippen molar-refractivity contribution in [3.8, 4) is 5.88 Å². The van der Waals surface area contributed by atoms with Crippen molar-refractivity contribution in [1.29, 1.82) is 0 Å². The van der Waals surface area contributed by atoms with Gasteiger partial charge in [-0.2, -0.15) is 0 Å². The van der Waals surface area contributed by atoms with Crippen LogP contribution in [0.2, 0.25) is 0 Å². The molecule has 1 N–H and O–H groups in total. The summed E-state index contributed by atoms with van der Waals surface area (Å²) in [4.78, 5) is 4.66. The smallest absolute Gasteiger partial charge is 0.213 e. The van der Waals surface area contributed by atoms with Crippen LogP contribution >= 0.6 is 0 Å². The molecule has 1 aliphatic rings. The Labute approximate surface area is 120 Å². The Balaban J connectivity index is 1.72. The highest BCUT2D eigenvalue weighted by atomic mass is 16.5. The number of benzene rings is 1. The number of pyridine rings is 1. The minimum absolute atomic E-state index is 0.439. The molecular weight excluding hydrogens is 248 g/mol.